The molecule has 0 unspecified atom stereocenters. The lowest BCUT2D eigenvalue weighted by molar-refractivity contribution is -0.114. The van der Waals surface area contributed by atoms with Crippen LogP contribution in [0, 0.1) is 13.8 Å². The number of nitrogens with one attached hydrogen (secondary N) is 2. The number of aromatic nitrogens is 5. The summed E-state index contributed by atoms with van der Waals surface area (Å²) in [5.74, 6) is 0.246. The van der Waals surface area contributed by atoms with Crippen LogP contribution in [0.2, 0.25) is 0 Å². The zero-order valence-corrected chi connectivity index (χ0v) is 20.6. The van der Waals surface area contributed by atoms with Gasteiger partial charge in [0.05, 0.1) is 21.7 Å². The number of tetrazole rings is 1. The molecule has 2 amide bonds. The van der Waals surface area contributed by atoms with Crippen molar-refractivity contribution in [2.24, 2.45) is 7.05 Å². The lowest BCUT2D eigenvalue weighted by Crippen LogP contribution is -2.14. The third kappa shape index (κ3) is 6.09. The van der Waals surface area contributed by atoms with Gasteiger partial charge in [0.15, 0.2) is 4.34 Å². The molecule has 0 fully saturated rings. The second kappa shape index (κ2) is 10.3. The first-order chi connectivity index (χ1) is 15.9. The van der Waals surface area contributed by atoms with E-state index in [1.54, 1.807) is 7.05 Å². The fourth-order valence-electron chi connectivity index (χ4n) is 2.98. The van der Waals surface area contributed by atoms with Gasteiger partial charge in [-0.1, -0.05) is 41.2 Å². The van der Waals surface area contributed by atoms with Crippen molar-refractivity contribution in [3.05, 3.63) is 47.5 Å². The minimum absolute atomic E-state index is 0.0743. The summed E-state index contributed by atoms with van der Waals surface area (Å²) in [5, 5.41) is 17.5. The van der Waals surface area contributed by atoms with Crippen LogP contribution in [0.15, 0.2) is 45.9 Å². The number of carbonyl (C=O) groups is 2. The number of amides is 2. The average molecular weight is 500 g/mol. The van der Waals surface area contributed by atoms with Gasteiger partial charge < -0.3 is 10.6 Å². The lowest BCUT2D eigenvalue weighted by atomic mass is 10.1. The summed E-state index contributed by atoms with van der Waals surface area (Å²) in [6.45, 7) is 4.00. The SMILES string of the molecule is Cc1ccc(NC(=O)CSc2nc3ccc(NC(=O)CSc4nnnn4C)cc3s2)c(C)c1. The minimum Gasteiger partial charge on any atom is -0.325 e. The van der Waals surface area contributed by atoms with E-state index in [-0.39, 0.29) is 23.3 Å². The van der Waals surface area contributed by atoms with E-state index in [2.05, 4.69) is 31.1 Å². The zero-order chi connectivity index (χ0) is 23.4. The molecule has 0 aliphatic rings. The van der Waals surface area contributed by atoms with Crippen LogP contribution in [0.25, 0.3) is 10.2 Å². The number of rotatable bonds is 8. The molecule has 0 aliphatic carbocycles. The van der Waals surface area contributed by atoms with Gasteiger partial charge in [0.25, 0.3) is 0 Å². The molecule has 9 nitrogen and oxygen atoms in total. The van der Waals surface area contributed by atoms with Crippen molar-refractivity contribution < 1.29 is 9.59 Å². The lowest BCUT2D eigenvalue weighted by Gasteiger charge is -2.08. The molecule has 2 aromatic carbocycles. The Morgan fingerprint density at radius 1 is 1.03 bits per heavy atom. The predicted octanol–water partition coefficient (Wildman–Crippen LogP) is 3.90. The highest BCUT2D eigenvalue weighted by atomic mass is 32.2. The van der Waals surface area contributed by atoms with Crippen molar-refractivity contribution in [2.75, 3.05) is 22.1 Å². The highest BCUT2D eigenvalue weighted by Crippen LogP contribution is 2.31. The average Bonchev–Trinajstić information content (AvgIpc) is 3.38. The molecule has 33 heavy (non-hydrogen) atoms. The molecule has 0 saturated carbocycles. The molecule has 4 aromatic rings. The summed E-state index contributed by atoms with van der Waals surface area (Å²) < 4.78 is 3.26. The van der Waals surface area contributed by atoms with Crippen LogP contribution in [-0.4, -0.2) is 48.5 Å². The van der Waals surface area contributed by atoms with E-state index in [0.717, 1.165) is 31.4 Å². The maximum Gasteiger partial charge on any atom is 0.234 e. The molecular weight excluding hydrogens is 478 g/mol. The maximum absolute atomic E-state index is 12.4. The van der Waals surface area contributed by atoms with Crippen LogP contribution in [-0.2, 0) is 16.6 Å². The topological polar surface area (TPSA) is 115 Å². The molecule has 2 heterocycles. The van der Waals surface area contributed by atoms with Crippen LogP contribution in [0.3, 0.4) is 0 Å². The second-order valence-corrected chi connectivity index (χ2v) is 10.4. The highest BCUT2D eigenvalue weighted by molar-refractivity contribution is 8.01. The molecule has 0 radical (unpaired) electrons. The van der Waals surface area contributed by atoms with E-state index in [9.17, 15) is 9.59 Å². The fourth-order valence-corrected chi connectivity index (χ4v) is 5.54. The van der Waals surface area contributed by atoms with Crippen LogP contribution in [0.4, 0.5) is 11.4 Å². The number of benzene rings is 2. The number of thioether (sulfide) groups is 2. The van der Waals surface area contributed by atoms with Crippen molar-refractivity contribution in [3.8, 4) is 0 Å². The van der Waals surface area contributed by atoms with Gasteiger partial charge in [-0.15, -0.1) is 16.4 Å². The smallest absolute Gasteiger partial charge is 0.234 e. The molecule has 0 aliphatic heterocycles. The molecule has 0 saturated heterocycles. The first-order valence-electron chi connectivity index (χ1n) is 9.93. The monoisotopic (exact) mass is 499 g/mol. The van der Waals surface area contributed by atoms with E-state index in [1.807, 2.05) is 50.2 Å². The Hall–Kier alpha value is -2.96. The summed E-state index contributed by atoms with van der Waals surface area (Å²) >= 11 is 4.15. The Morgan fingerprint density at radius 2 is 1.82 bits per heavy atom. The van der Waals surface area contributed by atoms with Crippen molar-refractivity contribution >= 4 is 68.3 Å². The Bertz CT molecular complexity index is 1320. The van der Waals surface area contributed by atoms with Crippen LogP contribution in [0.1, 0.15) is 11.1 Å². The van der Waals surface area contributed by atoms with E-state index < -0.39 is 0 Å². The molecule has 2 aromatic heterocycles. The molecule has 170 valence electrons. The Kier molecular flexibility index (Phi) is 7.26. The van der Waals surface area contributed by atoms with E-state index in [4.69, 9.17) is 0 Å². The van der Waals surface area contributed by atoms with Crippen LogP contribution in [0.5, 0.6) is 0 Å². The number of anilines is 2. The van der Waals surface area contributed by atoms with E-state index in [1.165, 1.54) is 39.5 Å². The van der Waals surface area contributed by atoms with Gasteiger partial charge in [0.1, 0.15) is 0 Å². The van der Waals surface area contributed by atoms with Gasteiger partial charge in [0.2, 0.25) is 17.0 Å². The molecular formula is C21H21N7O2S3. The van der Waals surface area contributed by atoms with Crippen molar-refractivity contribution in [3.63, 3.8) is 0 Å². The summed E-state index contributed by atoms with van der Waals surface area (Å²) in [6.07, 6.45) is 0. The van der Waals surface area contributed by atoms with Gasteiger partial charge in [-0.05, 0) is 54.1 Å². The summed E-state index contributed by atoms with van der Waals surface area (Å²) in [5.41, 5.74) is 4.54. The third-order valence-electron chi connectivity index (χ3n) is 4.55. The number of thiazole rings is 1. The van der Waals surface area contributed by atoms with Crippen LogP contribution < -0.4 is 10.6 Å². The van der Waals surface area contributed by atoms with Gasteiger partial charge in [-0.25, -0.2) is 9.67 Å². The molecule has 2 N–H and O–H groups in total. The minimum atomic E-state index is -0.149. The third-order valence-corrected chi connectivity index (χ3v) is 7.72. The Labute approximate surface area is 202 Å². The molecule has 12 heteroatoms. The molecule has 4 rings (SSSR count). The quantitative estimate of drug-likeness (QED) is 0.351. The standard InChI is InChI=1S/C21H21N7O2S3/c1-12-4-6-15(13(2)8-12)23-19(30)11-32-21-24-16-7-5-14(9-17(16)33-21)22-18(29)10-31-20-25-26-27-28(20)3/h4-9H,10-11H2,1-3H3,(H,22,29)(H,23,30). The number of aryl methyl sites for hydroxylation is 3. The van der Waals surface area contributed by atoms with Crippen LogP contribution >= 0.6 is 34.9 Å². The maximum atomic E-state index is 12.4. The normalized spacial score (nSPS) is 11.0. The van der Waals surface area contributed by atoms with E-state index in [0.29, 0.717) is 10.8 Å². The van der Waals surface area contributed by atoms with Gasteiger partial charge >= 0.3 is 0 Å². The first kappa shape index (κ1) is 23.2. The number of carbonyl (C=O) groups excluding carboxylic acids is 2. The fraction of sp³-hybridized carbons (Fsp3) is 0.238. The van der Waals surface area contributed by atoms with Crippen molar-refractivity contribution in [1.29, 1.82) is 0 Å². The molecule has 0 atom stereocenters. The first-order valence-corrected chi connectivity index (χ1v) is 12.7. The zero-order valence-electron chi connectivity index (χ0n) is 18.2. The number of nitrogens with zero attached hydrogens (tertiary/aromatic N) is 5. The van der Waals surface area contributed by atoms with E-state index >= 15 is 0 Å². The van der Waals surface area contributed by atoms with Gasteiger partial charge in [-0.3, -0.25) is 9.59 Å². The number of fused-ring (bicyclic) bond motifs is 1. The van der Waals surface area contributed by atoms with Gasteiger partial charge in [0, 0.05) is 18.4 Å². The number of hydrogen-bond acceptors (Lipinski definition) is 9. The summed E-state index contributed by atoms with van der Waals surface area (Å²) in [6, 6.07) is 11.5. The Balaban J connectivity index is 1.32. The molecule has 0 bridgehead atoms. The predicted molar refractivity (Wildman–Crippen MR) is 133 cm³/mol. The summed E-state index contributed by atoms with van der Waals surface area (Å²) in [7, 11) is 1.72. The van der Waals surface area contributed by atoms with Crippen molar-refractivity contribution in [1.82, 2.24) is 25.2 Å². The Morgan fingerprint density at radius 3 is 2.58 bits per heavy atom. The second-order valence-electron chi connectivity index (χ2n) is 7.24. The largest absolute Gasteiger partial charge is 0.325 e. The highest BCUT2D eigenvalue weighted by Gasteiger charge is 2.12. The number of hydrogen-bond donors (Lipinski definition) is 2. The van der Waals surface area contributed by atoms with Crippen molar-refractivity contribution in [2.45, 2.75) is 23.3 Å². The van der Waals surface area contributed by atoms with Gasteiger partial charge in [-0.2, -0.15) is 0 Å². The summed E-state index contributed by atoms with van der Waals surface area (Å²) in [4.78, 5) is 29.2. The molecule has 0 spiro atoms.